The molecule has 1 aliphatic rings. The van der Waals surface area contributed by atoms with Gasteiger partial charge in [-0.25, -0.2) is 15.0 Å². The molecule has 1 atom stereocenters. The van der Waals surface area contributed by atoms with Gasteiger partial charge in [-0.15, -0.1) is 11.3 Å². The molecule has 1 fully saturated rings. The van der Waals surface area contributed by atoms with Crippen molar-refractivity contribution in [1.29, 1.82) is 0 Å². The molecule has 0 aliphatic carbocycles. The number of carbonyl (C=O) groups is 1. The highest BCUT2D eigenvalue weighted by Crippen LogP contribution is 2.26. The Kier molecular flexibility index (Phi) is 5.23. The van der Waals surface area contributed by atoms with Crippen LogP contribution in [0.4, 0.5) is 5.82 Å². The number of amides is 1. The average Bonchev–Trinajstić information content (AvgIpc) is 3.42. The highest BCUT2D eigenvalue weighted by molar-refractivity contribution is 7.13. The predicted octanol–water partition coefficient (Wildman–Crippen LogP) is 2.06. The Morgan fingerprint density at radius 1 is 1.41 bits per heavy atom. The van der Waals surface area contributed by atoms with Crippen molar-refractivity contribution >= 4 is 23.1 Å². The third-order valence-electron chi connectivity index (χ3n) is 4.22. The van der Waals surface area contributed by atoms with Crippen molar-refractivity contribution in [2.45, 2.75) is 19.4 Å². The van der Waals surface area contributed by atoms with Crippen LogP contribution in [-0.2, 0) is 4.79 Å². The van der Waals surface area contributed by atoms with Gasteiger partial charge in [0.1, 0.15) is 22.3 Å². The monoisotopic (exact) mass is 384 g/mol. The molecule has 1 saturated heterocycles. The molecule has 0 saturated carbocycles. The number of carbonyl (C=O) groups excluding carboxylic acids is 1. The number of anilines is 1. The lowest BCUT2D eigenvalue weighted by Gasteiger charge is -2.11. The van der Waals surface area contributed by atoms with Gasteiger partial charge < -0.3 is 20.4 Å². The largest absolute Gasteiger partial charge is 0.458 e. The lowest BCUT2D eigenvalue weighted by molar-refractivity contribution is -0.115. The van der Waals surface area contributed by atoms with Crippen molar-refractivity contribution in [1.82, 2.24) is 25.6 Å². The van der Waals surface area contributed by atoms with Crippen LogP contribution in [0.2, 0.25) is 0 Å². The first-order chi connectivity index (χ1) is 13.2. The number of furan rings is 1. The van der Waals surface area contributed by atoms with E-state index in [1.807, 2.05) is 24.4 Å². The summed E-state index contributed by atoms with van der Waals surface area (Å²) in [5.74, 6) is 2.02. The van der Waals surface area contributed by atoms with Gasteiger partial charge in [0, 0.05) is 30.2 Å². The molecule has 1 aliphatic heterocycles. The molecule has 1 amide bonds. The first-order valence-corrected chi connectivity index (χ1v) is 9.65. The Morgan fingerprint density at radius 3 is 3.04 bits per heavy atom. The van der Waals surface area contributed by atoms with Gasteiger partial charge in [0.05, 0.1) is 6.54 Å². The van der Waals surface area contributed by atoms with Crippen molar-refractivity contribution in [2.24, 2.45) is 0 Å². The molecule has 0 aromatic carbocycles. The van der Waals surface area contributed by atoms with Gasteiger partial charge in [-0.1, -0.05) is 0 Å². The summed E-state index contributed by atoms with van der Waals surface area (Å²) in [6.45, 7) is 3.96. The van der Waals surface area contributed by atoms with E-state index < -0.39 is 0 Å². The van der Waals surface area contributed by atoms with E-state index in [0.29, 0.717) is 29.1 Å². The van der Waals surface area contributed by atoms with Gasteiger partial charge >= 0.3 is 0 Å². The number of nitrogens with zero attached hydrogens (tertiary/aromatic N) is 3. The smallest absolute Gasteiger partial charge is 0.239 e. The van der Waals surface area contributed by atoms with Crippen LogP contribution in [-0.4, -0.2) is 46.5 Å². The van der Waals surface area contributed by atoms with E-state index >= 15 is 0 Å². The normalized spacial score (nSPS) is 16.6. The number of hydrogen-bond acceptors (Lipinski definition) is 8. The summed E-state index contributed by atoms with van der Waals surface area (Å²) in [5.41, 5.74) is 0.646. The summed E-state index contributed by atoms with van der Waals surface area (Å²) in [6.07, 6.45) is 2.74. The molecule has 8 nitrogen and oxygen atoms in total. The van der Waals surface area contributed by atoms with Gasteiger partial charge in [0.15, 0.2) is 11.6 Å². The number of rotatable bonds is 6. The fraction of sp³-hybridized carbons (Fsp3) is 0.333. The van der Waals surface area contributed by atoms with Crippen molar-refractivity contribution < 1.29 is 9.21 Å². The second-order valence-electron chi connectivity index (χ2n) is 6.33. The number of thiazole rings is 1. The van der Waals surface area contributed by atoms with E-state index in [4.69, 9.17) is 4.42 Å². The summed E-state index contributed by atoms with van der Waals surface area (Å²) in [6, 6.07) is 5.73. The fourth-order valence-electron chi connectivity index (χ4n) is 2.89. The summed E-state index contributed by atoms with van der Waals surface area (Å²) in [5, 5.41) is 12.0. The second kappa shape index (κ2) is 7.95. The summed E-state index contributed by atoms with van der Waals surface area (Å²) < 4.78 is 5.64. The van der Waals surface area contributed by atoms with E-state index in [-0.39, 0.29) is 12.5 Å². The molecular formula is C18H20N6O2S. The Hall–Kier alpha value is -2.62. The Morgan fingerprint density at radius 2 is 2.33 bits per heavy atom. The first kappa shape index (κ1) is 17.8. The van der Waals surface area contributed by atoms with Gasteiger partial charge in [0.2, 0.25) is 5.91 Å². The highest BCUT2D eigenvalue weighted by atomic mass is 32.1. The molecule has 0 bridgehead atoms. The minimum Gasteiger partial charge on any atom is -0.458 e. The topological polar surface area (TPSA) is 105 Å². The van der Waals surface area contributed by atoms with Crippen molar-refractivity contribution in [3.05, 3.63) is 35.5 Å². The maximum Gasteiger partial charge on any atom is 0.239 e. The predicted molar refractivity (Wildman–Crippen MR) is 103 cm³/mol. The van der Waals surface area contributed by atoms with E-state index in [9.17, 15) is 4.79 Å². The molecule has 140 valence electrons. The van der Waals surface area contributed by atoms with Crippen LogP contribution in [0.3, 0.4) is 0 Å². The van der Waals surface area contributed by atoms with Crippen molar-refractivity contribution in [2.75, 3.05) is 25.0 Å². The van der Waals surface area contributed by atoms with Crippen LogP contribution in [0, 0.1) is 6.92 Å². The Balaban J connectivity index is 1.55. The molecule has 27 heavy (non-hydrogen) atoms. The SMILES string of the molecule is Cc1ccc(-c2nc(NC(=O)CNC3CCNC3)cc(-c3nccs3)n2)o1. The van der Waals surface area contributed by atoms with Gasteiger partial charge in [-0.2, -0.15) is 0 Å². The number of aromatic nitrogens is 3. The second-order valence-corrected chi connectivity index (χ2v) is 7.22. The van der Waals surface area contributed by atoms with E-state index in [1.54, 1.807) is 12.3 Å². The van der Waals surface area contributed by atoms with Gasteiger partial charge in [-0.05, 0) is 32.0 Å². The summed E-state index contributed by atoms with van der Waals surface area (Å²) in [7, 11) is 0. The van der Waals surface area contributed by atoms with Crippen LogP contribution in [0.1, 0.15) is 12.2 Å². The summed E-state index contributed by atoms with van der Waals surface area (Å²) in [4.78, 5) is 25.6. The number of aryl methyl sites for hydroxylation is 1. The third-order valence-corrected chi connectivity index (χ3v) is 5.01. The van der Waals surface area contributed by atoms with Crippen molar-refractivity contribution in [3.8, 4) is 22.3 Å². The number of hydrogen-bond donors (Lipinski definition) is 3. The van der Waals surface area contributed by atoms with Crippen LogP contribution >= 0.6 is 11.3 Å². The minimum absolute atomic E-state index is 0.146. The molecule has 3 aromatic heterocycles. The highest BCUT2D eigenvalue weighted by Gasteiger charge is 2.17. The van der Waals surface area contributed by atoms with Crippen molar-refractivity contribution in [3.63, 3.8) is 0 Å². The summed E-state index contributed by atoms with van der Waals surface area (Å²) >= 11 is 1.48. The third kappa shape index (κ3) is 4.38. The zero-order chi connectivity index (χ0) is 18.6. The van der Waals surface area contributed by atoms with Crippen LogP contribution < -0.4 is 16.0 Å². The van der Waals surface area contributed by atoms with E-state index in [0.717, 1.165) is 30.3 Å². The zero-order valence-electron chi connectivity index (χ0n) is 14.9. The lowest BCUT2D eigenvalue weighted by Crippen LogP contribution is -2.37. The average molecular weight is 384 g/mol. The molecule has 4 heterocycles. The molecule has 0 radical (unpaired) electrons. The Labute approximate surface area is 160 Å². The van der Waals surface area contributed by atoms with Crippen LogP contribution in [0.5, 0.6) is 0 Å². The zero-order valence-corrected chi connectivity index (χ0v) is 15.7. The molecule has 0 spiro atoms. The molecule has 3 aromatic rings. The fourth-order valence-corrected chi connectivity index (χ4v) is 3.49. The quantitative estimate of drug-likeness (QED) is 0.597. The first-order valence-electron chi connectivity index (χ1n) is 8.77. The molecule has 4 rings (SSSR count). The number of nitrogens with one attached hydrogen (secondary N) is 3. The maximum atomic E-state index is 12.3. The molecule has 1 unspecified atom stereocenters. The maximum absolute atomic E-state index is 12.3. The van der Waals surface area contributed by atoms with E-state index in [2.05, 4.69) is 30.9 Å². The van der Waals surface area contributed by atoms with E-state index in [1.165, 1.54) is 11.3 Å². The lowest BCUT2D eigenvalue weighted by atomic mass is 10.2. The van der Waals surface area contributed by atoms with Gasteiger partial charge in [0.25, 0.3) is 0 Å². The van der Waals surface area contributed by atoms with Crippen LogP contribution in [0.15, 0.2) is 34.2 Å². The Bertz CT molecular complexity index is 918. The van der Waals surface area contributed by atoms with Gasteiger partial charge in [-0.3, -0.25) is 4.79 Å². The van der Waals surface area contributed by atoms with Crippen LogP contribution in [0.25, 0.3) is 22.3 Å². The molecule has 9 heteroatoms. The minimum atomic E-state index is -0.146. The standard InChI is InChI=1S/C18H20N6O2S/c1-11-2-3-14(26-11)17-22-13(18-20-6-7-27-18)8-15(24-17)23-16(25)10-21-12-4-5-19-9-12/h2-3,6-8,12,19,21H,4-5,9-10H2,1H3,(H,22,23,24,25). The molecule has 3 N–H and O–H groups in total. The molecular weight excluding hydrogens is 364 g/mol.